The first-order valence-corrected chi connectivity index (χ1v) is 11.2. The molecule has 7 nitrogen and oxygen atoms in total. The van der Waals surface area contributed by atoms with Gasteiger partial charge in [-0.05, 0) is 64.8 Å². The van der Waals surface area contributed by atoms with Crippen LogP contribution in [0.2, 0.25) is 0 Å². The first kappa shape index (κ1) is 24.0. The van der Waals surface area contributed by atoms with Gasteiger partial charge < -0.3 is 20.7 Å². The van der Waals surface area contributed by atoms with Crippen molar-refractivity contribution < 1.29 is 9.53 Å². The van der Waals surface area contributed by atoms with Crippen molar-refractivity contribution in [3.8, 4) is 0 Å². The quantitative estimate of drug-likeness (QED) is 0.344. The summed E-state index contributed by atoms with van der Waals surface area (Å²) in [6, 6.07) is 8.56. The summed E-state index contributed by atoms with van der Waals surface area (Å²) < 4.78 is 5.25. The second-order valence-corrected chi connectivity index (χ2v) is 8.66. The molecule has 0 atom stereocenters. The molecule has 0 bridgehead atoms. The van der Waals surface area contributed by atoms with Crippen LogP contribution in [0.4, 0.5) is 4.79 Å². The number of piperidine rings is 1. The van der Waals surface area contributed by atoms with E-state index < -0.39 is 11.7 Å². The number of guanidine groups is 1. The molecule has 1 aromatic carbocycles. The molecule has 1 aliphatic rings. The minimum Gasteiger partial charge on any atom is -0.444 e. The highest BCUT2D eigenvalue weighted by atomic mass is 16.6. The fraction of sp³-hybridized carbons (Fsp3) is 0.652. The fourth-order valence-electron chi connectivity index (χ4n) is 3.39. The van der Waals surface area contributed by atoms with Crippen LogP contribution < -0.4 is 16.0 Å². The summed E-state index contributed by atoms with van der Waals surface area (Å²) in [5, 5.41) is 9.29. The normalized spacial score (nSPS) is 15.5. The number of hydrogen-bond donors (Lipinski definition) is 3. The third-order valence-corrected chi connectivity index (χ3v) is 4.80. The minimum atomic E-state index is -0.491. The second-order valence-electron chi connectivity index (χ2n) is 8.66. The van der Waals surface area contributed by atoms with E-state index in [2.05, 4.69) is 45.1 Å². The Morgan fingerprint density at radius 3 is 2.37 bits per heavy atom. The number of nitrogens with zero attached hydrogens (tertiary/aromatic N) is 2. The van der Waals surface area contributed by atoms with Gasteiger partial charge in [0.1, 0.15) is 5.60 Å². The number of carbonyl (C=O) groups excluding carboxylic acids is 1. The molecule has 3 N–H and O–H groups in total. The lowest BCUT2D eigenvalue weighted by atomic mass is 10.1. The number of benzene rings is 1. The van der Waals surface area contributed by atoms with Crippen molar-refractivity contribution in [1.29, 1.82) is 0 Å². The topological polar surface area (TPSA) is 78.0 Å². The zero-order valence-corrected chi connectivity index (χ0v) is 19.1. The molecule has 7 heteroatoms. The van der Waals surface area contributed by atoms with Gasteiger partial charge in [-0.3, -0.25) is 4.90 Å². The maximum absolute atomic E-state index is 11.7. The van der Waals surface area contributed by atoms with Gasteiger partial charge in [-0.1, -0.05) is 30.7 Å². The number of likely N-dealkylation sites (tertiary alicyclic amines) is 1. The average Bonchev–Trinajstić information content (AvgIpc) is 2.69. The van der Waals surface area contributed by atoms with Gasteiger partial charge in [-0.15, -0.1) is 0 Å². The van der Waals surface area contributed by atoms with E-state index in [1.807, 2.05) is 27.7 Å². The maximum atomic E-state index is 11.7. The predicted octanol–water partition coefficient (Wildman–Crippen LogP) is 3.25. The molecule has 0 aromatic heterocycles. The van der Waals surface area contributed by atoms with Gasteiger partial charge in [0.25, 0.3) is 0 Å². The van der Waals surface area contributed by atoms with Crippen LogP contribution in [0.5, 0.6) is 0 Å². The third kappa shape index (κ3) is 9.48. The second kappa shape index (κ2) is 12.4. The molecule has 0 radical (unpaired) electrons. The first-order valence-electron chi connectivity index (χ1n) is 11.2. The number of aliphatic imine (C=N–C) groups is 1. The van der Waals surface area contributed by atoms with Crippen molar-refractivity contribution in [1.82, 2.24) is 20.9 Å². The molecule has 1 heterocycles. The van der Waals surface area contributed by atoms with Crippen LogP contribution in [0.3, 0.4) is 0 Å². The molecule has 2 rings (SSSR count). The molecule has 1 saturated heterocycles. The van der Waals surface area contributed by atoms with Gasteiger partial charge in [0.05, 0.1) is 6.54 Å². The lowest BCUT2D eigenvalue weighted by Gasteiger charge is -2.27. The van der Waals surface area contributed by atoms with Crippen molar-refractivity contribution in [3.63, 3.8) is 0 Å². The van der Waals surface area contributed by atoms with Crippen LogP contribution in [-0.4, -0.2) is 55.3 Å². The Kier molecular flexibility index (Phi) is 9.94. The van der Waals surface area contributed by atoms with Crippen molar-refractivity contribution in [2.75, 3.05) is 32.7 Å². The monoisotopic (exact) mass is 417 g/mol. The smallest absolute Gasteiger partial charge is 0.407 e. The standard InChI is InChI=1S/C23H39N5O2/c1-5-24-21(25-13-14-26-22(29)30-23(2,3)4)27-17-19-11-7-8-12-20(19)18-28-15-9-6-10-16-28/h7-8,11-12H,5-6,9-10,13-18H2,1-4H3,(H,26,29)(H2,24,25,27). The first-order chi connectivity index (χ1) is 14.4. The number of hydrogen-bond acceptors (Lipinski definition) is 4. The minimum absolute atomic E-state index is 0.405. The lowest BCUT2D eigenvalue weighted by Crippen LogP contribution is -2.42. The summed E-state index contributed by atoms with van der Waals surface area (Å²) in [7, 11) is 0. The summed E-state index contributed by atoms with van der Waals surface area (Å²) >= 11 is 0. The molecule has 0 spiro atoms. The number of amides is 1. The highest BCUT2D eigenvalue weighted by Gasteiger charge is 2.15. The Bertz CT molecular complexity index is 678. The Hall–Kier alpha value is -2.28. The molecule has 1 amide bonds. The Balaban J connectivity index is 1.86. The van der Waals surface area contributed by atoms with E-state index in [9.17, 15) is 4.79 Å². The van der Waals surface area contributed by atoms with Gasteiger partial charge in [0.15, 0.2) is 5.96 Å². The van der Waals surface area contributed by atoms with Crippen molar-refractivity contribution in [2.24, 2.45) is 4.99 Å². The highest BCUT2D eigenvalue weighted by molar-refractivity contribution is 5.79. The van der Waals surface area contributed by atoms with Gasteiger partial charge >= 0.3 is 6.09 Å². The van der Waals surface area contributed by atoms with Gasteiger partial charge in [-0.25, -0.2) is 9.79 Å². The molecule has 0 aliphatic carbocycles. The maximum Gasteiger partial charge on any atom is 0.407 e. The average molecular weight is 418 g/mol. The van der Waals surface area contributed by atoms with E-state index >= 15 is 0 Å². The number of nitrogens with one attached hydrogen (secondary N) is 3. The molecular formula is C23H39N5O2. The predicted molar refractivity (Wildman–Crippen MR) is 123 cm³/mol. The van der Waals surface area contributed by atoms with E-state index in [0.29, 0.717) is 19.6 Å². The third-order valence-electron chi connectivity index (χ3n) is 4.80. The molecule has 1 aromatic rings. The van der Waals surface area contributed by atoms with Crippen LogP contribution in [0.15, 0.2) is 29.3 Å². The Morgan fingerprint density at radius 2 is 1.70 bits per heavy atom. The lowest BCUT2D eigenvalue weighted by molar-refractivity contribution is 0.0529. The van der Waals surface area contributed by atoms with Gasteiger partial charge in [-0.2, -0.15) is 0 Å². The number of ether oxygens (including phenoxy) is 1. The number of rotatable bonds is 8. The zero-order chi connectivity index (χ0) is 21.8. The Labute approximate surface area is 181 Å². The molecule has 0 saturated carbocycles. The molecule has 30 heavy (non-hydrogen) atoms. The summed E-state index contributed by atoms with van der Waals surface area (Å²) in [6.07, 6.45) is 3.54. The Morgan fingerprint density at radius 1 is 1.03 bits per heavy atom. The fourth-order valence-corrected chi connectivity index (χ4v) is 3.39. The molecule has 168 valence electrons. The molecule has 1 aliphatic heterocycles. The number of alkyl carbamates (subject to hydrolysis) is 1. The van der Waals surface area contributed by atoms with E-state index in [0.717, 1.165) is 19.0 Å². The molecule has 0 unspecified atom stereocenters. The van der Waals surface area contributed by atoms with E-state index in [-0.39, 0.29) is 0 Å². The van der Waals surface area contributed by atoms with Gasteiger partial charge in [0.2, 0.25) is 0 Å². The SMILES string of the molecule is CCNC(=NCc1ccccc1CN1CCCCC1)NCCNC(=O)OC(C)(C)C. The van der Waals surface area contributed by atoms with Crippen LogP contribution in [0.25, 0.3) is 0 Å². The number of carbonyl (C=O) groups is 1. The molecule has 1 fully saturated rings. The molecular weight excluding hydrogens is 378 g/mol. The van der Waals surface area contributed by atoms with Gasteiger partial charge in [0, 0.05) is 26.2 Å². The van der Waals surface area contributed by atoms with Crippen molar-refractivity contribution in [2.45, 2.75) is 65.6 Å². The van der Waals surface area contributed by atoms with E-state index in [4.69, 9.17) is 9.73 Å². The van der Waals surface area contributed by atoms with Crippen molar-refractivity contribution in [3.05, 3.63) is 35.4 Å². The highest BCUT2D eigenvalue weighted by Crippen LogP contribution is 2.16. The summed E-state index contributed by atoms with van der Waals surface area (Å²) in [5.74, 6) is 0.747. The van der Waals surface area contributed by atoms with E-state index in [1.54, 1.807) is 0 Å². The van der Waals surface area contributed by atoms with Crippen LogP contribution >= 0.6 is 0 Å². The summed E-state index contributed by atoms with van der Waals surface area (Å²) in [4.78, 5) is 19.0. The van der Waals surface area contributed by atoms with Crippen LogP contribution in [0.1, 0.15) is 58.1 Å². The summed E-state index contributed by atoms with van der Waals surface area (Å²) in [5.41, 5.74) is 2.12. The van der Waals surface area contributed by atoms with Crippen LogP contribution in [0, 0.1) is 0 Å². The van der Waals surface area contributed by atoms with Crippen molar-refractivity contribution >= 4 is 12.1 Å². The largest absolute Gasteiger partial charge is 0.444 e. The van der Waals surface area contributed by atoms with Crippen LogP contribution in [-0.2, 0) is 17.8 Å². The van der Waals surface area contributed by atoms with E-state index in [1.165, 1.54) is 43.5 Å². The zero-order valence-electron chi connectivity index (χ0n) is 19.1. The summed E-state index contributed by atoms with van der Waals surface area (Å²) in [6.45, 7) is 13.4.